The maximum Gasteiger partial charge on any atom is 0.490 e. The van der Waals surface area contributed by atoms with Crippen molar-refractivity contribution in [1.82, 2.24) is 19.7 Å². The number of alkyl halides is 3. The molecule has 0 aliphatic carbocycles. The summed E-state index contributed by atoms with van der Waals surface area (Å²) in [6.45, 7) is 8.96. The van der Waals surface area contributed by atoms with Crippen molar-refractivity contribution in [3.63, 3.8) is 0 Å². The van der Waals surface area contributed by atoms with Crippen LogP contribution in [0.15, 0.2) is 28.8 Å². The number of halogens is 3. The van der Waals surface area contributed by atoms with Crippen molar-refractivity contribution in [2.45, 2.75) is 52.3 Å². The number of carboxylic acids is 1. The molecular weight excluding hydrogens is 377 g/mol. The van der Waals surface area contributed by atoms with Crippen molar-refractivity contribution in [3.8, 4) is 0 Å². The predicted octanol–water partition coefficient (Wildman–Crippen LogP) is 4.35. The number of imidazole rings is 1. The Morgan fingerprint density at radius 1 is 1.14 bits per heavy atom. The molecule has 7 nitrogen and oxygen atoms in total. The fourth-order valence-electron chi connectivity index (χ4n) is 2.40. The molecule has 1 aromatic carbocycles. The molecule has 0 unspecified atom stereocenters. The monoisotopic (exact) mass is 398 g/mol. The molecule has 0 aliphatic heterocycles. The predicted molar refractivity (Wildman–Crippen MR) is 95.0 cm³/mol. The van der Waals surface area contributed by atoms with E-state index < -0.39 is 12.1 Å². The van der Waals surface area contributed by atoms with Crippen LogP contribution in [-0.4, -0.2) is 36.9 Å². The van der Waals surface area contributed by atoms with Crippen molar-refractivity contribution < 1.29 is 27.6 Å². The number of aliphatic carboxylic acids is 1. The summed E-state index contributed by atoms with van der Waals surface area (Å²) in [5.41, 5.74) is 2.11. The summed E-state index contributed by atoms with van der Waals surface area (Å²) >= 11 is 0. The van der Waals surface area contributed by atoms with E-state index in [0.717, 1.165) is 22.7 Å². The Kier molecular flexibility index (Phi) is 6.42. The van der Waals surface area contributed by atoms with E-state index in [0.29, 0.717) is 18.4 Å². The molecule has 2 aromatic heterocycles. The summed E-state index contributed by atoms with van der Waals surface area (Å²) in [4.78, 5) is 18.1. The number of aromatic nitrogens is 4. The number of carboxylic acid groups (broad SMARTS) is 1. The van der Waals surface area contributed by atoms with E-state index in [1.165, 1.54) is 0 Å². The molecule has 0 saturated carbocycles. The lowest BCUT2D eigenvalue weighted by molar-refractivity contribution is -0.192. The number of benzene rings is 1. The van der Waals surface area contributed by atoms with Gasteiger partial charge in [0.2, 0.25) is 5.89 Å². The van der Waals surface area contributed by atoms with Crippen LogP contribution >= 0.6 is 0 Å². The second-order valence-corrected chi connectivity index (χ2v) is 6.70. The third-order valence-corrected chi connectivity index (χ3v) is 3.74. The van der Waals surface area contributed by atoms with Crippen molar-refractivity contribution >= 4 is 17.0 Å². The van der Waals surface area contributed by atoms with E-state index in [1.54, 1.807) is 0 Å². The number of hydrogen-bond donors (Lipinski definition) is 1. The largest absolute Gasteiger partial charge is 0.490 e. The lowest BCUT2D eigenvalue weighted by Gasteiger charge is -2.08. The molecule has 3 rings (SSSR count). The quantitative estimate of drug-likeness (QED) is 0.702. The zero-order valence-corrected chi connectivity index (χ0v) is 15.9. The number of carbonyl (C=O) groups is 1. The molecule has 2 heterocycles. The molecule has 0 fully saturated rings. The van der Waals surface area contributed by atoms with Crippen LogP contribution in [0, 0.1) is 0 Å². The van der Waals surface area contributed by atoms with Gasteiger partial charge in [0.25, 0.3) is 0 Å². The minimum Gasteiger partial charge on any atom is -0.475 e. The van der Waals surface area contributed by atoms with Gasteiger partial charge in [-0.05, 0) is 12.1 Å². The highest BCUT2D eigenvalue weighted by Crippen LogP contribution is 2.23. The van der Waals surface area contributed by atoms with Gasteiger partial charge >= 0.3 is 12.1 Å². The Balaban J connectivity index is 0.000000345. The Morgan fingerprint density at radius 2 is 1.75 bits per heavy atom. The molecule has 3 aromatic rings. The standard InChI is InChI=1S/C16H20N4O.C2HF3O2/c1-10(2)15-18-14(21-19-15)9-20-13-8-6-5-7-12(13)17-16(20)11(3)4;3-2(4,5)1(6)7/h5-8,10-11H,9H2,1-4H3;(H,6,7). The highest BCUT2D eigenvalue weighted by Gasteiger charge is 2.38. The minimum atomic E-state index is -5.08. The first-order chi connectivity index (χ1) is 13.0. The molecule has 0 atom stereocenters. The molecule has 152 valence electrons. The third-order valence-electron chi connectivity index (χ3n) is 3.74. The molecule has 0 aliphatic rings. The van der Waals surface area contributed by atoms with Gasteiger partial charge in [-0.25, -0.2) is 9.78 Å². The summed E-state index contributed by atoms with van der Waals surface area (Å²) in [6, 6.07) is 8.14. The Bertz CT molecular complexity index is 945. The third kappa shape index (κ3) is 5.08. The van der Waals surface area contributed by atoms with Gasteiger partial charge in [-0.2, -0.15) is 18.2 Å². The van der Waals surface area contributed by atoms with Gasteiger partial charge in [0, 0.05) is 11.8 Å². The molecule has 10 heteroatoms. The molecule has 0 bridgehead atoms. The molecule has 0 radical (unpaired) electrons. The summed E-state index contributed by atoms with van der Waals surface area (Å²) in [5, 5.41) is 11.2. The van der Waals surface area contributed by atoms with Crippen LogP contribution in [0.3, 0.4) is 0 Å². The van der Waals surface area contributed by atoms with Crippen molar-refractivity contribution in [1.29, 1.82) is 0 Å². The maximum absolute atomic E-state index is 10.6. The highest BCUT2D eigenvalue weighted by atomic mass is 19.4. The first-order valence-corrected chi connectivity index (χ1v) is 8.58. The second kappa shape index (κ2) is 8.41. The number of nitrogens with zero attached hydrogens (tertiary/aromatic N) is 4. The SMILES string of the molecule is CC(C)c1noc(Cn2c(C(C)C)nc3ccccc32)n1.O=C(O)C(F)(F)F. The van der Waals surface area contributed by atoms with Crippen LogP contribution in [0.25, 0.3) is 11.0 Å². The topological polar surface area (TPSA) is 94.0 Å². The molecule has 0 saturated heterocycles. The van der Waals surface area contributed by atoms with Crippen molar-refractivity contribution in [3.05, 3.63) is 41.8 Å². The van der Waals surface area contributed by atoms with Crippen LogP contribution in [-0.2, 0) is 11.3 Å². The van der Waals surface area contributed by atoms with Gasteiger partial charge in [-0.3, -0.25) is 0 Å². The van der Waals surface area contributed by atoms with E-state index in [9.17, 15) is 13.2 Å². The number of para-hydroxylation sites is 2. The van der Waals surface area contributed by atoms with Gasteiger partial charge in [-0.1, -0.05) is 45.0 Å². The van der Waals surface area contributed by atoms with Crippen LogP contribution in [0.2, 0.25) is 0 Å². The Morgan fingerprint density at radius 3 is 2.25 bits per heavy atom. The maximum atomic E-state index is 10.6. The molecule has 0 spiro atoms. The first kappa shape index (κ1) is 21.4. The van der Waals surface area contributed by atoms with Gasteiger partial charge in [0.05, 0.1) is 11.0 Å². The number of hydrogen-bond acceptors (Lipinski definition) is 5. The summed E-state index contributed by atoms with van der Waals surface area (Å²) in [5.74, 6) is 0.272. The van der Waals surface area contributed by atoms with Crippen molar-refractivity contribution in [2.75, 3.05) is 0 Å². The van der Waals surface area contributed by atoms with Crippen LogP contribution < -0.4 is 0 Å². The number of rotatable bonds is 4. The Hall–Kier alpha value is -2.91. The average molecular weight is 398 g/mol. The normalized spacial score (nSPS) is 11.8. The first-order valence-electron chi connectivity index (χ1n) is 8.58. The number of fused-ring (bicyclic) bond motifs is 1. The van der Waals surface area contributed by atoms with Crippen LogP contribution in [0.4, 0.5) is 13.2 Å². The summed E-state index contributed by atoms with van der Waals surface area (Å²) in [6.07, 6.45) is -5.08. The van der Waals surface area contributed by atoms with Gasteiger partial charge < -0.3 is 14.2 Å². The fourth-order valence-corrected chi connectivity index (χ4v) is 2.40. The molecular formula is C18H21F3N4O3. The zero-order chi connectivity index (χ0) is 21.1. The van der Waals surface area contributed by atoms with Gasteiger partial charge in [0.1, 0.15) is 12.4 Å². The molecule has 28 heavy (non-hydrogen) atoms. The minimum absolute atomic E-state index is 0.270. The Labute approximate surface area is 159 Å². The van der Waals surface area contributed by atoms with Crippen molar-refractivity contribution in [2.24, 2.45) is 0 Å². The fraction of sp³-hybridized carbons (Fsp3) is 0.444. The van der Waals surface area contributed by atoms with Gasteiger partial charge in [-0.15, -0.1) is 0 Å². The van der Waals surface area contributed by atoms with E-state index in [2.05, 4.69) is 48.5 Å². The summed E-state index contributed by atoms with van der Waals surface area (Å²) in [7, 11) is 0. The molecule has 0 amide bonds. The van der Waals surface area contributed by atoms with Gasteiger partial charge in [0.15, 0.2) is 5.82 Å². The summed E-state index contributed by atoms with van der Waals surface area (Å²) < 4.78 is 39.3. The molecule has 1 N–H and O–H groups in total. The second-order valence-electron chi connectivity index (χ2n) is 6.70. The van der Waals surface area contributed by atoms with E-state index >= 15 is 0 Å². The van der Waals surface area contributed by atoms with E-state index in [-0.39, 0.29) is 5.92 Å². The lowest BCUT2D eigenvalue weighted by Crippen LogP contribution is -2.21. The lowest BCUT2D eigenvalue weighted by atomic mass is 10.2. The smallest absolute Gasteiger partial charge is 0.475 e. The van der Waals surface area contributed by atoms with Crippen LogP contribution in [0.1, 0.15) is 57.1 Å². The zero-order valence-electron chi connectivity index (χ0n) is 15.9. The van der Waals surface area contributed by atoms with E-state index in [4.69, 9.17) is 19.4 Å². The average Bonchev–Trinajstić information content (AvgIpc) is 3.20. The highest BCUT2D eigenvalue weighted by molar-refractivity contribution is 5.76. The van der Waals surface area contributed by atoms with E-state index in [1.807, 2.05) is 18.2 Å². The van der Waals surface area contributed by atoms with Crippen LogP contribution in [0.5, 0.6) is 0 Å².